The summed E-state index contributed by atoms with van der Waals surface area (Å²) in [7, 11) is -3.69. The Morgan fingerprint density at radius 1 is 1.47 bits per heavy atom. The summed E-state index contributed by atoms with van der Waals surface area (Å²) in [6.45, 7) is 2.17. The Balaban J connectivity index is 2.42. The molecule has 0 radical (unpaired) electrons. The van der Waals surface area contributed by atoms with E-state index in [0.717, 1.165) is 19.3 Å². The number of rotatable bonds is 4. The second kappa shape index (κ2) is 4.78. The van der Waals surface area contributed by atoms with Gasteiger partial charge in [0, 0.05) is 6.54 Å². The van der Waals surface area contributed by atoms with Gasteiger partial charge in [0.2, 0.25) is 0 Å². The molecule has 5 nitrogen and oxygen atoms in total. The van der Waals surface area contributed by atoms with Gasteiger partial charge in [0.15, 0.2) is 0 Å². The predicted octanol–water partition coefficient (Wildman–Crippen LogP) is 0.111. The molecule has 0 unspecified atom stereocenters. The predicted molar refractivity (Wildman–Crippen MR) is 58.3 cm³/mol. The van der Waals surface area contributed by atoms with E-state index in [2.05, 4.69) is 11.6 Å². The summed E-state index contributed by atoms with van der Waals surface area (Å²) in [5.41, 5.74) is -0.905. The molecule has 90 valence electrons. The Bertz CT molecular complexity index is 294. The summed E-state index contributed by atoms with van der Waals surface area (Å²) in [4.78, 5) is 0. The van der Waals surface area contributed by atoms with Gasteiger partial charge in [-0.1, -0.05) is 13.3 Å². The maximum atomic E-state index is 10.7. The summed E-state index contributed by atoms with van der Waals surface area (Å²) in [5.74, 6) is 0.666. The monoisotopic (exact) mass is 236 g/mol. The largest absolute Gasteiger partial charge is 0.389 e. The Labute approximate surface area is 91.2 Å². The number of hydrogen-bond acceptors (Lipinski definition) is 3. The maximum Gasteiger partial charge on any atom is 0.274 e. The van der Waals surface area contributed by atoms with Crippen LogP contribution in [0.25, 0.3) is 0 Å². The van der Waals surface area contributed by atoms with Crippen LogP contribution in [0.5, 0.6) is 0 Å². The highest BCUT2D eigenvalue weighted by molar-refractivity contribution is 7.87. The molecular weight excluding hydrogens is 216 g/mol. The van der Waals surface area contributed by atoms with Crippen molar-refractivity contribution in [3.8, 4) is 0 Å². The lowest BCUT2D eigenvalue weighted by Crippen LogP contribution is -2.47. The molecule has 0 bridgehead atoms. The molecule has 1 aliphatic carbocycles. The lowest BCUT2D eigenvalue weighted by Gasteiger charge is -2.35. The highest BCUT2D eigenvalue weighted by Crippen LogP contribution is 2.33. The molecule has 0 aromatic carbocycles. The number of hydrogen-bond donors (Lipinski definition) is 3. The second-order valence-corrected chi connectivity index (χ2v) is 5.82. The van der Waals surface area contributed by atoms with E-state index in [1.165, 1.54) is 0 Å². The van der Waals surface area contributed by atoms with Crippen molar-refractivity contribution in [3.63, 3.8) is 0 Å². The van der Waals surface area contributed by atoms with Gasteiger partial charge >= 0.3 is 0 Å². The van der Waals surface area contributed by atoms with Crippen molar-refractivity contribution in [2.75, 3.05) is 6.54 Å². The van der Waals surface area contributed by atoms with E-state index in [1.54, 1.807) is 0 Å². The summed E-state index contributed by atoms with van der Waals surface area (Å²) >= 11 is 0. The molecule has 0 aromatic heterocycles. The van der Waals surface area contributed by atoms with E-state index >= 15 is 0 Å². The van der Waals surface area contributed by atoms with E-state index in [-0.39, 0.29) is 6.54 Å². The van der Waals surface area contributed by atoms with E-state index in [4.69, 9.17) is 5.14 Å². The molecule has 1 rings (SSSR count). The Hall–Kier alpha value is -0.170. The fourth-order valence-corrected chi connectivity index (χ4v) is 2.50. The summed E-state index contributed by atoms with van der Waals surface area (Å²) in [5, 5.41) is 14.9. The van der Waals surface area contributed by atoms with Crippen molar-refractivity contribution < 1.29 is 13.5 Å². The molecule has 4 N–H and O–H groups in total. The molecule has 0 amide bonds. The van der Waals surface area contributed by atoms with Crippen LogP contribution < -0.4 is 9.86 Å². The zero-order valence-electron chi connectivity index (χ0n) is 9.07. The molecular formula is C9H20N2O3S. The van der Waals surface area contributed by atoms with Gasteiger partial charge in [-0.05, 0) is 31.6 Å². The average molecular weight is 236 g/mol. The maximum absolute atomic E-state index is 10.7. The number of nitrogens with one attached hydrogen (secondary N) is 1. The standard InChI is InChI=1S/C9H20N2O3S/c1-2-8-3-5-9(12,6-4-8)7-11-15(10,13)14/h8,11-12H,2-7H2,1H3,(H2,10,13,14). The van der Waals surface area contributed by atoms with Crippen LogP contribution in [0.1, 0.15) is 39.0 Å². The summed E-state index contributed by atoms with van der Waals surface area (Å²) < 4.78 is 23.5. The zero-order chi connectivity index (χ0) is 11.5. The highest BCUT2D eigenvalue weighted by atomic mass is 32.2. The molecule has 0 spiro atoms. The van der Waals surface area contributed by atoms with E-state index in [0.29, 0.717) is 18.8 Å². The van der Waals surface area contributed by atoms with Crippen LogP contribution in [0.3, 0.4) is 0 Å². The highest BCUT2D eigenvalue weighted by Gasteiger charge is 2.33. The molecule has 6 heteroatoms. The smallest absolute Gasteiger partial charge is 0.274 e. The van der Waals surface area contributed by atoms with E-state index < -0.39 is 15.8 Å². The Morgan fingerprint density at radius 3 is 2.40 bits per heavy atom. The van der Waals surface area contributed by atoms with Crippen LogP contribution in [0.4, 0.5) is 0 Å². The topological polar surface area (TPSA) is 92.4 Å². The lowest BCUT2D eigenvalue weighted by molar-refractivity contribution is -0.00442. The molecule has 0 atom stereocenters. The van der Waals surface area contributed by atoms with Gasteiger partial charge in [-0.15, -0.1) is 0 Å². The van der Waals surface area contributed by atoms with Gasteiger partial charge in [-0.3, -0.25) is 0 Å². The van der Waals surface area contributed by atoms with Gasteiger partial charge in [0.1, 0.15) is 0 Å². The Morgan fingerprint density at radius 2 is 2.00 bits per heavy atom. The summed E-state index contributed by atoms with van der Waals surface area (Å²) in [6, 6.07) is 0. The van der Waals surface area contributed by atoms with Crippen LogP contribution in [0.2, 0.25) is 0 Å². The third-order valence-electron chi connectivity index (χ3n) is 3.22. The van der Waals surface area contributed by atoms with Crippen molar-refractivity contribution in [3.05, 3.63) is 0 Å². The molecule has 1 fully saturated rings. The molecule has 0 heterocycles. The minimum Gasteiger partial charge on any atom is -0.389 e. The van der Waals surface area contributed by atoms with Crippen molar-refractivity contribution in [1.29, 1.82) is 0 Å². The van der Waals surface area contributed by atoms with Crippen molar-refractivity contribution in [1.82, 2.24) is 4.72 Å². The summed E-state index contributed by atoms with van der Waals surface area (Å²) in [6.07, 6.45) is 4.33. The number of aliphatic hydroxyl groups is 1. The van der Waals surface area contributed by atoms with E-state index in [9.17, 15) is 13.5 Å². The number of nitrogens with two attached hydrogens (primary N) is 1. The third kappa shape index (κ3) is 4.46. The minimum absolute atomic E-state index is 0.0300. The van der Waals surface area contributed by atoms with Gasteiger partial charge in [-0.2, -0.15) is 13.1 Å². The van der Waals surface area contributed by atoms with Gasteiger partial charge in [0.05, 0.1) is 5.60 Å². The quantitative estimate of drug-likeness (QED) is 0.647. The van der Waals surface area contributed by atoms with Gasteiger partial charge in [0.25, 0.3) is 10.2 Å². The molecule has 1 saturated carbocycles. The Kier molecular flexibility index (Phi) is 4.11. The van der Waals surface area contributed by atoms with Crippen molar-refractivity contribution in [2.45, 2.75) is 44.6 Å². The first kappa shape index (κ1) is 12.9. The van der Waals surface area contributed by atoms with Crippen molar-refractivity contribution >= 4 is 10.2 Å². The van der Waals surface area contributed by atoms with Crippen LogP contribution in [0, 0.1) is 5.92 Å². The van der Waals surface area contributed by atoms with Crippen molar-refractivity contribution in [2.24, 2.45) is 11.1 Å². The molecule has 1 aliphatic rings. The van der Waals surface area contributed by atoms with Crippen LogP contribution in [-0.4, -0.2) is 25.7 Å². The minimum atomic E-state index is -3.69. The molecule has 0 aromatic rings. The molecule has 15 heavy (non-hydrogen) atoms. The first-order valence-corrected chi connectivity index (χ1v) is 6.89. The second-order valence-electron chi connectivity index (χ2n) is 4.44. The van der Waals surface area contributed by atoms with Gasteiger partial charge in [-0.25, -0.2) is 5.14 Å². The first-order valence-electron chi connectivity index (χ1n) is 5.34. The SMILES string of the molecule is CCC1CCC(O)(CNS(N)(=O)=O)CC1. The van der Waals surface area contributed by atoms with E-state index in [1.807, 2.05) is 0 Å². The van der Waals surface area contributed by atoms with Crippen LogP contribution in [0.15, 0.2) is 0 Å². The fourth-order valence-electron chi connectivity index (χ4n) is 2.03. The first-order chi connectivity index (χ1) is 6.85. The zero-order valence-corrected chi connectivity index (χ0v) is 9.89. The van der Waals surface area contributed by atoms with Gasteiger partial charge < -0.3 is 5.11 Å². The lowest BCUT2D eigenvalue weighted by atomic mass is 9.78. The molecule has 0 saturated heterocycles. The van der Waals surface area contributed by atoms with Crippen LogP contribution >= 0.6 is 0 Å². The average Bonchev–Trinajstić information content (AvgIpc) is 2.16. The van der Waals surface area contributed by atoms with Crippen LogP contribution in [-0.2, 0) is 10.2 Å². The fraction of sp³-hybridized carbons (Fsp3) is 1.00. The normalized spacial score (nSPS) is 32.9. The molecule has 0 aliphatic heterocycles. The third-order valence-corrected chi connectivity index (χ3v) is 3.76.